The number of carbonyl (C=O) groups is 1. The van der Waals surface area contributed by atoms with Crippen molar-refractivity contribution >= 4 is 34.4 Å². The molecule has 2 aromatic heterocycles. The molecule has 2 heterocycles. The van der Waals surface area contributed by atoms with Crippen LogP contribution in [0, 0.1) is 5.82 Å². The Morgan fingerprint density at radius 3 is 2.59 bits per heavy atom. The van der Waals surface area contributed by atoms with Gasteiger partial charge in [0.25, 0.3) is 5.56 Å². The van der Waals surface area contributed by atoms with Gasteiger partial charge in [0.15, 0.2) is 0 Å². The fraction of sp³-hybridized carbons (Fsp3) is 0.222. The van der Waals surface area contributed by atoms with Gasteiger partial charge in [0, 0.05) is 31.2 Å². The van der Waals surface area contributed by atoms with Crippen molar-refractivity contribution in [3.05, 3.63) is 63.2 Å². The molecule has 3 aromatic rings. The number of aromatic nitrogens is 3. The van der Waals surface area contributed by atoms with E-state index in [4.69, 9.17) is 0 Å². The predicted octanol–water partition coefficient (Wildman–Crippen LogP) is 1.89. The predicted molar refractivity (Wildman–Crippen MR) is 103 cm³/mol. The Balaban J connectivity index is 1.69. The molecule has 0 bridgehead atoms. The summed E-state index contributed by atoms with van der Waals surface area (Å²) in [5.41, 5.74) is -0.291. The quantitative estimate of drug-likeness (QED) is 0.675. The zero-order valence-electron chi connectivity index (χ0n) is 14.7. The number of nitrogens with zero attached hydrogens (tertiary/aromatic N) is 3. The van der Waals surface area contributed by atoms with Crippen LogP contribution in [-0.4, -0.2) is 25.8 Å². The van der Waals surface area contributed by atoms with Gasteiger partial charge < -0.3 is 5.32 Å². The van der Waals surface area contributed by atoms with E-state index in [2.05, 4.69) is 10.3 Å². The highest BCUT2D eigenvalue weighted by Gasteiger charge is 2.11. The summed E-state index contributed by atoms with van der Waals surface area (Å²) >= 11 is 1.44. The number of fused-ring (bicyclic) bond motifs is 1. The first-order chi connectivity index (χ1) is 12.9. The van der Waals surface area contributed by atoms with E-state index in [1.807, 2.05) is 0 Å². The van der Waals surface area contributed by atoms with E-state index < -0.39 is 11.2 Å². The molecule has 27 heavy (non-hydrogen) atoms. The van der Waals surface area contributed by atoms with Gasteiger partial charge in [0.1, 0.15) is 11.5 Å². The smallest absolute Gasteiger partial charge is 0.325 e. The second-order valence-corrected chi connectivity index (χ2v) is 7.07. The van der Waals surface area contributed by atoms with Crippen LogP contribution in [0.3, 0.4) is 0 Å². The van der Waals surface area contributed by atoms with Crippen LogP contribution in [0.2, 0.25) is 0 Å². The maximum Gasteiger partial charge on any atom is 0.332 e. The van der Waals surface area contributed by atoms with Gasteiger partial charge >= 0.3 is 5.69 Å². The summed E-state index contributed by atoms with van der Waals surface area (Å²) in [4.78, 5) is 41.3. The zero-order valence-corrected chi connectivity index (χ0v) is 15.5. The van der Waals surface area contributed by atoms with Gasteiger partial charge in [-0.05, 0) is 30.3 Å². The minimum Gasteiger partial charge on any atom is -0.325 e. The number of halogens is 1. The number of benzene rings is 1. The number of pyridine rings is 1. The van der Waals surface area contributed by atoms with Crippen LogP contribution in [0.4, 0.5) is 10.1 Å². The second-order valence-electron chi connectivity index (χ2n) is 5.90. The van der Waals surface area contributed by atoms with Gasteiger partial charge in [-0.15, -0.1) is 11.8 Å². The summed E-state index contributed by atoms with van der Waals surface area (Å²) in [6.45, 7) is 0. The van der Waals surface area contributed by atoms with E-state index in [0.717, 1.165) is 9.46 Å². The van der Waals surface area contributed by atoms with Crippen molar-refractivity contribution in [3.8, 4) is 0 Å². The fourth-order valence-corrected chi connectivity index (χ4v) is 3.40. The molecule has 0 fully saturated rings. The lowest BCUT2D eigenvalue weighted by Crippen LogP contribution is -2.37. The molecule has 1 N–H and O–H groups in total. The molecule has 0 radical (unpaired) electrons. The number of hydrogen-bond acceptors (Lipinski definition) is 5. The number of carbonyl (C=O) groups excluding carboxylic acids is 1. The molecule has 0 aliphatic heterocycles. The molecular formula is C18H17FN4O3S. The largest absolute Gasteiger partial charge is 0.332 e. The summed E-state index contributed by atoms with van der Waals surface area (Å²) in [5, 5.41) is 2.95. The van der Waals surface area contributed by atoms with Crippen molar-refractivity contribution in [2.45, 2.75) is 11.3 Å². The molecule has 0 unspecified atom stereocenters. The molecule has 0 saturated carbocycles. The fourth-order valence-electron chi connectivity index (χ4n) is 2.55. The minimum absolute atomic E-state index is 0.229. The lowest BCUT2D eigenvalue weighted by Gasteiger charge is -2.09. The first-order valence-corrected chi connectivity index (χ1v) is 9.09. The van der Waals surface area contributed by atoms with Gasteiger partial charge in [0.05, 0.1) is 17.3 Å². The van der Waals surface area contributed by atoms with Crippen molar-refractivity contribution in [3.63, 3.8) is 0 Å². The Kier molecular flexibility index (Phi) is 5.41. The normalized spacial score (nSPS) is 10.9. The van der Waals surface area contributed by atoms with Crippen LogP contribution < -0.4 is 16.6 Å². The Bertz CT molecular complexity index is 1120. The molecule has 7 nitrogen and oxygen atoms in total. The number of rotatable bonds is 5. The Hall–Kier alpha value is -2.94. The van der Waals surface area contributed by atoms with Crippen molar-refractivity contribution in [1.82, 2.24) is 14.1 Å². The molecule has 1 amide bonds. The van der Waals surface area contributed by atoms with Gasteiger partial charge in [-0.25, -0.2) is 14.2 Å². The molecule has 140 valence electrons. The number of anilines is 1. The molecule has 1 aromatic carbocycles. The number of nitrogens with one attached hydrogen (secondary N) is 1. The maximum atomic E-state index is 12.9. The third-order valence-electron chi connectivity index (χ3n) is 3.99. The molecule has 0 atom stereocenters. The van der Waals surface area contributed by atoms with Crippen molar-refractivity contribution in [1.29, 1.82) is 0 Å². The van der Waals surface area contributed by atoms with Crippen molar-refractivity contribution in [2.75, 3.05) is 11.1 Å². The number of hydrogen-bond donors (Lipinski definition) is 1. The van der Waals surface area contributed by atoms with E-state index in [0.29, 0.717) is 11.4 Å². The highest BCUT2D eigenvalue weighted by atomic mass is 32.2. The molecule has 9 heteroatoms. The average molecular weight is 388 g/mol. The summed E-state index contributed by atoms with van der Waals surface area (Å²) in [6, 6.07) is 7.57. The van der Waals surface area contributed by atoms with Crippen LogP contribution in [-0.2, 0) is 18.9 Å². The minimum atomic E-state index is -0.469. The molecule has 0 aliphatic rings. The Labute approximate surface area is 157 Å². The molecule has 0 saturated heterocycles. The number of thioether (sulfide) groups is 1. The monoisotopic (exact) mass is 388 g/mol. The van der Waals surface area contributed by atoms with Crippen molar-refractivity contribution in [2.24, 2.45) is 14.1 Å². The van der Waals surface area contributed by atoms with E-state index in [-0.39, 0.29) is 29.2 Å². The van der Waals surface area contributed by atoms with Crippen LogP contribution in [0.25, 0.3) is 11.0 Å². The van der Waals surface area contributed by atoms with Crippen LogP contribution >= 0.6 is 11.8 Å². The van der Waals surface area contributed by atoms with Crippen molar-refractivity contribution < 1.29 is 9.18 Å². The van der Waals surface area contributed by atoms with Crippen LogP contribution in [0.15, 0.2) is 51.0 Å². The highest BCUT2D eigenvalue weighted by molar-refractivity contribution is 7.99. The summed E-state index contributed by atoms with van der Waals surface area (Å²) in [6.07, 6.45) is 1.65. The first kappa shape index (κ1) is 18.8. The highest BCUT2D eigenvalue weighted by Crippen LogP contribution is 2.19. The molecular weight excluding hydrogens is 371 g/mol. The first-order valence-electron chi connectivity index (χ1n) is 8.11. The maximum absolute atomic E-state index is 12.9. The van der Waals surface area contributed by atoms with E-state index in [1.165, 1.54) is 54.8 Å². The van der Waals surface area contributed by atoms with E-state index >= 15 is 0 Å². The second kappa shape index (κ2) is 7.75. The third kappa shape index (κ3) is 4.08. The molecule has 0 spiro atoms. The number of amides is 1. The summed E-state index contributed by atoms with van der Waals surface area (Å²) in [5.74, 6) is -0.00804. The summed E-state index contributed by atoms with van der Waals surface area (Å²) in [7, 11) is 2.92. The Morgan fingerprint density at radius 2 is 1.89 bits per heavy atom. The lowest BCUT2D eigenvalue weighted by atomic mass is 10.3. The van der Waals surface area contributed by atoms with E-state index in [9.17, 15) is 18.8 Å². The standard InChI is InChI=1S/C18H17FN4O3S/c1-22-16-14(17(25)23(2)18(22)26)9-12(10-20-16)21-15(24)7-8-27-13-5-3-11(19)4-6-13/h3-6,9-10H,7-8H2,1-2H3,(H,21,24). The van der Waals surface area contributed by atoms with Gasteiger partial charge in [-0.2, -0.15) is 0 Å². The molecule has 0 aliphatic carbocycles. The van der Waals surface area contributed by atoms with Gasteiger partial charge in [-0.3, -0.25) is 18.7 Å². The van der Waals surface area contributed by atoms with E-state index in [1.54, 1.807) is 12.1 Å². The van der Waals surface area contributed by atoms with Gasteiger partial charge in [0.2, 0.25) is 5.91 Å². The Morgan fingerprint density at radius 1 is 1.19 bits per heavy atom. The molecule has 3 rings (SSSR count). The average Bonchev–Trinajstić information content (AvgIpc) is 2.66. The van der Waals surface area contributed by atoms with Crippen LogP contribution in [0.1, 0.15) is 6.42 Å². The van der Waals surface area contributed by atoms with Crippen LogP contribution in [0.5, 0.6) is 0 Å². The lowest BCUT2D eigenvalue weighted by molar-refractivity contribution is -0.115. The summed E-state index contributed by atoms with van der Waals surface area (Å²) < 4.78 is 15.1. The topological polar surface area (TPSA) is 86.0 Å². The third-order valence-corrected chi connectivity index (χ3v) is 5.00. The van der Waals surface area contributed by atoms with Gasteiger partial charge in [-0.1, -0.05) is 0 Å². The zero-order chi connectivity index (χ0) is 19.6. The number of aryl methyl sites for hydroxylation is 1. The SMILES string of the molecule is Cn1c(=O)c2cc(NC(=O)CCSc3ccc(F)cc3)cnc2n(C)c1=O.